The first kappa shape index (κ1) is 17.9. The van der Waals surface area contributed by atoms with Gasteiger partial charge in [-0.15, -0.1) is 0 Å². The number of allylic oxidation sites excluding steroid dienone is 1. The predicted molar refractivity (Wildman–Crippen MR) is 89.6 cm³/mol. The number of fused-ring (bicyclic) bond motifs is 1. The highest BCUT2D eigenvalue weighted by atomic mass is 19.4. The minimum absolute atomic E-state index is 0.238. The van der Waals surface area contributed by atoms with E-state index in [2.05, 4.69) is 26.8 Å². The van der Waals surface area contributed by atoms with Crippen LogP contribution in [0.3, 0.4) is 0 Å². The van der Waals surface area contributed by atoms with E-state index in [-0.39, 0.29) is 11.6 Å². The van der Waals surface area contributed by atoms with Gasteiger partial charge in [-0.2, -0.15) is 13.2 Å². The number of nitrogens with zero attached hydrogens (tertiary/aromatic N) is 3. The van der Waals surface area contributed by atoms with Gasteiger partial charge in [-0.3, -0.25) is 0 Å². The minimum atomic E-state index is -4.61. The zero-order valence-corrected chi connectivity index (χ0v) is 14.0. The van der Waals surface area contributed by atoms with Gasteiger partial charge in [-0.25, -0.2) is 15.0 Å². The van der Waals surface area contributed by atoms with Gasteiger partial charge in [0.1, 0.15) is 16.9 Å². The number of nitrogens with two attached hydrogens (primary N) is 1. The maximum absolute atomic E-state index is 13.3. The summed E-state index contributed by atoms with van der Waals surface area (Å²) >= 11 is 0. The van der Waals surface area contributed by atoms with Gasteiger partial charge in [-0.1, -0.05) is 12.0 Å². The molecular weight excluding hydrogens is 345 g/mol. The van der Waals surface area contributed by atoms with E-state index < -0.39 is 17.3 Å². The average Bonchev–Trinajstić information content (AvgIpc) is 2.94. The fourth-order valence-electron chi connectivity index (χ4n) is 2.54. The molecule has 0 spiro atoms. The Morgan fingerprint density at radius 1 is 1.19 bits per heavy atom. The van der Waals surface area contributed by atoms with Crippen LogP contribution in [0.2, 0.25) is 0 Å². The van der Waals surface area contributed by atoms with E-state index in [0.717, 1.165) is 5.56 Å². The summed E-state index contributed by atoms with van der Waals surface area (Å²) in [5, 5.41) is 9.69. The molecule has 3 rings (SSSR count). The number of halogens is 3. The Morgan fingerprint density at radius 3 is 2.58 bits per heavy atom. The molecule has 0 saturated heterocycles. The van der Waals surface area contributed by atoms with Crippen molar-refractivity contribution in [2.24, 2.45) is 0 Å². The van der Waals surface area contributed by atoms with Crippen molar-refractivity contribution in [3.05, 3.63) is 52.6 Å². The van der Waals surface area contributed by atoms with Crippen molar-refractivity contribution in [1.82, 2.24) is 15.0 Å². The lowest BCUT2D eigenvalue weighted by Crippen LogP contribution is -2.14. The van der Waals surface area contributed by atoms with E-state index in [1.165, 1.54) is 13.8 Å². The first-order valence-corrected chi connectivity index (χ1v) is 7.70. The maximum atomic E-state index is 13.3. The number of alkyl halides is 3. The summed E-state index contributed by atoms with van der Waals surface area (Å²) < 4.78 is 40.0. The van der Waals surface area contributed by atoms with Crippen molar-refractivity contribution in [2.45, 2.75) is 32.0 Å². The summed E-state index contributed by atoms with van der Waals surface area (Å²) in [7, 11) is 0. The van der Waals surface area contributed by atoms with Crippen molar-refractivity contribution in [1.29, 1.82) is 0 Å². The lowest BCUT2D eigenvalue weighted by molar-refractivity contribution is -0.138. The van der Waals surface area contributed by atoms with Crippen LogP contribution in [0.15, 0.2) is 24.5 Å². The molecule has 26 heavy (non-hydrogen) atoms. The fraction of sp³-hybridized carbons (Fsp3) is 0.278. The highest BCUT2D eigenvalue weighted by Crippen LogP contribution is 2.39. The molecule has 0 amide bonds. The summed E-state index contributed by atoms with van der Waals surface area (Å²) in [4.78, 5) is 11.5. The van der Waals surface area contributed by atoms with E-state index >= 15 is 0 Å². The van der Waals surface area contributed by atoms with Crippen LogP contribution >= 0.6 is 0 Å². The summed E-state index contributed by atoms with van der Waals surface area (Å²) in [5.41, 5.74) is 5.06. The van der Waals surface area contributed by atoms with Crippen LogP contribution in [-0.4, -0.2) is 25.7 Å². The molecule has 0 unspecified atom stereocenters. The number of anilines is 1. The molecule has 1 aliphatic rings. The predicted octanol–water partition coefficient (Wildman–Crippen LogP) is 2.58. The van der Waals surface area contributed by atoms with Crippen molar-refractivity contribution < 1.29 is 18.3 Å². The summed E-state index contributed by atoms with van der Waals surface area (Å²) in [6.45, 7) is 3.05. The number of aliphatic hydroxyl groups is 1. The van der Waals surface area contributed by atoms with Gasteiger partial charge in [0.15, 0.2) is 0 Å². The summed E-state index contributed by atoms with van der Waals surface area (Å²) in [6.07, 6.45) is -0.282. The monoisotopic (exact) mass is 360 g/mol. The van der Waals surface area contributed by atoms with Gasteiger partial charge in [0.2, 0.25) is 5.95 Å². The van der Waals surface area contributed by atoms with E-state index in [9.17, 15) is 18.3 Å². The lowest BCUT2D eigenvalue weighted by atomic mass is 10.0. The quantitative estimate of drug-likeness (QED) is 0.764. The maximum Gasteiger partial charge on any atom is 0.419 e. The average molecular weight is 360 g/mol. The third-order valence-electron chi connectivity index (χ3n) is 3.67. The van der Waals surface area contributed by atoms with Crippen molar-refractivity contribution in [3.63, 3.8) is 0 Å². The van der Waals surface area contributed by atoms with Crippen LogP contribution in [0.1, 0.15) is 41.9 Å². The number of pyridine rings is 1. The molecule has 0 atom stereocenters. The number of aromatic nitrogens is 3. The molecule has 0 saturated carbocycles. The highest BCUT2D eigenvalue weighted by molar-refractivity contribution is 5.85. The third-order valence-corrected chi connectivity index (χ3v) is 3.67. The lowest BCUT2D eigenvalue weighted by Gasteiger charge is -2.13. The van der Waals surface area contributed by atoms with Crippen molar-refractivity contribution in [3.8, 4) is 11.8 Å². The SMILES string of the molecule is CC(C)(O)C#Cc1cc2c(cn1)CC=C2c1nc(N)ncc1C(F)(F)F. The van der Waals surface area contributed by atoms with Crippen LogP contribution in [0, 0.1) is 11.8 Å². The third kappa shape index (κ3) is 3.68. The second-order valence-electron chi connectivity index (χ2n) is 6.35. The van der Waals surface area contributed by atoms with Gasteiger partial charge in [-0.05, 0) is 43.4 Å². The zero-order valence-electron chi connectivity index (χ0n) is 14.0. The van der Waals surface area contributed by atoms with Gasteiger partial charge < -0.3 is 10.8 Å². The molecule has 0 aromatic carbocycles. The zero-order chi connectivity index (χ0) is 19.1. The number of rotatable bonds is 1. The Balaban J connectivity index is 2.10. The second-order valence-corrected chi connectivity index (χ2v) is 6.35. The molecule has 2 heterocycles. The topological polar surface area (TPSA) is 84.9 Å². The standard InChI is InChI=1S/C18H15F3N4O/c1-17(2,26)6-5-11-7-13-10(8-23-11)3-4-12(13)15-14(18(19,20)21)9-24-16(22)25-15/h4,7-9,26H,3H2,1-2H3,(H2,22,24,25). The Bertz CT molecular complexity index is 963. The molecule has 0 radical (unpaired) electrons. The van der Waals surface area contributed by atoms with Crippen LogP contribution in [0.25, 0.3) is 5.57 Å². The molecule has 5 nitrogen and oxygen atoms in total. The normalized spacial score (nSPS) is 13.7. The molecule has 1 aliphatic carbocycles. The number of hydrogen-bond donors (Lipinski definition) is 2. The first-order chi connectivity index (χ1) is 12.0. The van der Waals surface area contributed by atoms with E-state index in [1.807, 2.05) is 0 Å². The van der Waals surface area contributed by atoms with Gasteiger partial charge in [0.25, 0.3) is 0 Å². The highest BCUT2D eigenvalue weighted by Gasteiger charge is 2.37. The van der Waals surface area contributed by atoms with Crippen molar-refractivity contribution in [2.75, 3.05) is 5.73 Å². The molecule has 2 aromatic rings. The van der Waals surface area contributed by atoms with Crippen LogP contribution in [-0.2, 0) is 12.6 Å². The molecule has 0 fully saturated rings. The Kier molecular flexibility index (Phi) is 4.20. The van der Waals surface area contributed by atoms with E-state index in [0.29, 0.717) is 29.4 Å². The minimum Gasteiger partial charge on any atom is -0.378 e. The molecule has 8 heteroatoms. The summed E-state index contributed by atoms with van der Waals surface area (Å²) in [6, 6.07) is 1.59. The van der Waals surface area contributed by atoms with Crippen LogP contribution in [0.5, 0.6) is 0 Å². The van der Waals surface area contributed by atoms with E-state index in [1.54, 1.807) is 18.3 Å². The van der Waals surface area contributed by atoms with Gasteiger partial charge >= 0.3 is 6.18 Å². The van der Waals surface area contributed by atoms with Gasteiger partial charge in [0.05, 0.1) is 5.69 Å². The molecule has 0 aliphatic heterocycles. The number of hydrogen-bond acceptors (Lipinski definition) is 5. The first-order valence-electron chi connectivity index (χ1n) is 7.70. The Morgan fingerprint density at radius 2 is 1.92 bits per heavy atom. The molecule has 3 N–H and O–H groups in total. The fourth-order valence-corrected chi connectivity index (χ4v) is 2.54. The Labute approximate surface area is 147 Å². The van der Waals surface area contributed by atoms with Crippen LogP contribution < -0.4 is 5.73 Å². The van der Waals surface area contributed by atoms with Crippen molar-refractivity contribution >= 4 is 11.5 Å². The number of nitrogen functional groups attached to an aromatic ring is 1. The smallest absolute Gasteiger partial charge is 0.378 e. The summed E-state index contributed by atoms with van der Waals surface area (Å²) in [5.74, 6) is 5.11. The van der Waals surface area contributed by atoms with E-state index in [4.69, 9.17) is 5.73 Å². The molecule has 0 bridgehead atoms. The second kappa shape index (κ2) is 6.11. The molecular formula is C18H15F3N4O. The largest absolute Gasteiger partial charge is 0.419 e. The van der Waals surface area contributed by atoms with Gasteiger partial charge in [0, 0.05) is 18.0 Å². The Hall–Kier alpha value is -2.92. The molecule has 2 aromatic heterocycles. The van der Waals surface area contributed by atoms with Crippen LogP contribution in [0.4, 0.5) is 19.1 Å². The molecule has 134 valence electrons.